The lowest BCUT2D eigenvalue weighted by Gasteiger charge is -2.01. The molecule has 0 unspecified atom stereocenters. The van der Waals surface area contributed by atoms with E-state index in [1.807, 2.05) is 36.4 Å². The molecule has 6 aromatic rings. The average Bonchev–Trinajstić information content (AvgIpc) is 3.50. The second kappa shape index (κ2) is 6.79. The molecular formula is C23H14ClN5S. The topological polar surface area (TPSA) is 70.2 Å². The number of thiophene rings is 1. The summed E-state index contributed by atoms with van der Waals surface area (Å²) in [5.74, 6) is 1.68. The van der Waals surface area contributed by atoms with E-state index in [9.17, 15) is 0 Å². The third-order valence-electron chi connectivity index (χ3n) is 5.06. The molecule has 2 N–H and O–H groups in total. The van der Waals surface area contributed by atoms with Crippen LogP contribution in [0.4, 0.5) is 0 Å². The minimum absolute atomic E-state index is 0.755. The summed E-state index contributed by atoms with van der Waals surface area (Å²) >= 11 is 7.58. The summed E-state index contributed by atoms with van der Waals surface area (Å²) in [6, 6.07) is 20.3. The molecule has 6 rings (SSSR count). The zero-order chi connectivity index (χ0) is 20.1. The van der Waals surface area contributed by atoms with Crippen molar-refractivity contribution in [2.24, 2.45) is 0 Å². The van der Waals surface area contributed by atoms with E-state index in [1.54, 1.807) is 12.4 Å². The molecule has 2 aromatic carbocycles. The number of rotatable bonds is 3. The van der Waals surface area contributed by atoms with Crippen LogP contribution in [0.2, 0.25) is 4.34 Å². The summed E-state index contributed by atoms with van der Waals surface area (Å²) in [6.45, 7) is 0. The van der Waals surface area contributed by atoms with Gasteiger partial charge in [0.1, 0.15) is 11.6 Å². The normalized spacial score (nSPS) is 11.5. The van der Waals surface area contributed by atoms with Crippen molar-refractivity contribution in [3.05, 3.63) is 77.4 Å². The van der Waals surface area contributed by atoms with Gasteiger partial charge in [-0.1, -0.05) is 23.7 Å². The van der Waals surface area contributed by atoms with E-state index in [4.69, 9.17) is 21.6 Å². The van der Waals surface area contributed by atoms with E-state index in [2.05, 4.69) is 39.2 Å². The molecule has 4 aromatic heterocycles. The van der Waals surface area contributed by atoms with Gasteiger partial charge >= 0.3 is 0 Å². The van der Waals surface area contributed by atoms with E-state index >= 15 is 0 Å². The Labute approximate surface area is 180 Å². The van der Waals surface area contributed by atoms with E-state index in [0.29, 0.717) is 0 Å². The fourth-order valence-corrected chi connectivity index (χ4v) is 4.57. The predicted octanol–water partition coefficient (Wildman–Crippen LogP) is 6.55. The number of aromatic amines is 2. The Morgan fingerprint density at radius 3 is 1.93 bits per heavy atom. The molecule has 0 amide bonds. The maximum Gasteiger partial charge on any atom is 0.148 e. The van der Waals surface area contributed by atoms with Crippen molar-refractivity contribution in [1.29, 1.82) is 0 Å². The maximum absolute atomic E-state index is 6.07. The number of halogens is 1. The maximum atomic E-state index is 6.07. The van der Waals surface area contributed by atoms with Crippen LogP contribution in [0.25, 0.3) is 55.3 Å². The Hall–Kier alpha value is -3.48. The molecule has 5 nitrogen and oxygen atoms in total. The monoisotopic (exact) mass is 427 g/mol. The molecule has 0 radical (unpaired) electrons. The molecule has 7 heteroatoms. The van der Waals surface area contributed by atoms with Crippen LogP contribution in [-0.2, 0) is 0 Å². The Morgan fingerprint density at radius 2 is 1.30 bits per heavy atom. The number of imidazole rings is 2. The minimum atomic E-state index is 0.755. The molecule has 144 valence electrons. The number of nitrogens with zero attached hydrogens (tertiary/aromatic N) is 3. The van der Waals surface area contributed by atoms with Gasteiger partial charge in [-0.25, -0.2) is 9.97 Å². The van der Waals surface area contributed by atoms with Crippen molar-refractivity contribution in [2.45, 2.75) is 0 Å². The van der Waals surface area contributed by atoms with Crippen molar-refractivity contribution in [3.8, 4) is 33.2 Å². The van der Waals surface area contributed by atoms with Crippen LogP contribution in [-0.4, -0.2) is 24.9 Å². The van der Waals surface area contributed by atoms with Gasteiger partial charge < -0.3 is 9.97 Å². The zero-order valence-electron chi connectivity index (χ0n) is 15.6. The highest BCUT2D eigenvalue weighted by Crippen LogP contribution is 2.32. The first-order valence-electron chi connectivity index (χ1n) is 9.39. The summed E-state index contributed by atoms with van der Waals surface area (Å²) in [6.07, 6.45) is 3.54. The Bertz CT molecular complexity index is 1510. The van der Waals surface area contributed by atoms with Gasteiger partial charge in [0.05, 0.1) is 31.3 Å². The molecule has 0 aliphatic carbocycles. The largest absolute Gasteiger partial charge is 0.338 e. The quantitative estimate of drug-likeness (QED) is 0.336. The van der Waals surface area contributed by atoms with Gasteiger partial charge in [0.2, 0.25) is 0 Å². The molecule has 0 bridgehead atoms. The first-order valence-corrected chi connectivity index (χ1v) is 10.6. The number of H-pyrrole nitrogens is 2. The second-order valence-corrected chi connectivity index (χ2v) is 8.69. The molecular weight excluding hydrogens is 414 g/mol. The van der Waals surface area contributed by atoms with Crippen LogP contribution in [0.3, 0.4) is 0 Å². The summed E-state index contributed by atoms with van der Waals surface area (Å²) < 4.78 is 0.755. The van der Waals surface area contributed by atoms with Crippen molar-refractivity contribution in [1.82, 2.24) is 24.9 Å². The molecule has 0 saturated heterocycles. The van der Waals surface area contributed by atoms with E-state index < -0.39 is 0 Å². The molecule has 0 aliphatic rings. The molecule has 0 spiro atoms. The van der Waals surface area contributed by atoms with Gasteiger partial charge in [-0.15, -0.1) is 11.3 Å². The highest BCUT2D eigenvalue weighted by atomic mass is 35.5. The van der Waals surface area contributed by atoms with Crippen molar-refractivity contribution >= 4 is 45.0 Å². The number of benzene rings is 2. The molecule has 4 heterocycles. The lowest BCUT2D eigenvalue weighted by molar-refractivity contribution is 1.28. The van der Waals surface area contributed by atoms with Crippen molar-refractivity contribution in [2.75, 3.05) is 0 Å². The number of hydrogen-bond donors (Lipinski definition) is 2. The summed E-state index contributed by atoms with van der Waals surface area (Å²) in [5, 5.41) is 0. The fraction of sp³-hybridized carbons (Fsp3) is 0. The molecule has 0 atom stereocenters. The van der Waals surface area contributed by atoms with Crippen LogP contribution < -0.4 is 0 Å². The predicted molar refractivity (Wildman–Crippen MR) is 123 cm³/mol. The lowest BCUT2D eigenvalue weighted by atomic mass is 10.0. The van der Waals surface area contributed by atoms with Gasteiger partial charge in [0, 0.05) is 18.0 Å². The lowest BCUT2D eigenvalue weighted by Crippen LogP contribution is -1.80. The van der Waals surface area contributed by atoms with Gasteiger partial charge in [0.25, 0.3) is 0 Å². The third kappa shape index (κ3) is 2.98. The van der Waals surface area contributed by atoms with Gasteiger partial charge in [-0.05, 0) is 59.7 Å². The van der Waals surface area contributed by atoms with Crippen LogP contribution in [0, 0.1) is 0 Å². The number of nitrogens with one attached hydrogen (secondary N) is 2. The van der Waals surface area contributed by atoms with Crippen LogP contribution >= 0.6 is 22.9 Å². The molecule has 0 aliphatic heterocycles. The van der Waals surface area contributed by atoms with Gasteiger partial charge in [0.15, 0.2) is 0 Å². The van der Waals surface area contributed by atoms with E-state index in [0.717, 1.165) is 59.6 Å². The number of pyridine rings is 1. The highest BCUT2D eigenvalue weighted by molar-refractivity contribution is 7.19. The SMILES string of the molecule is Clc1ccc(-c2nc3ccc(-c4ccc5nc(-c6ccncc6)[nH]c5c4)cc3[nH]2)s1. The summed E-state index contributed by atoms with van der Waals surface area (Å²) in [5.41, 5.74) is 7.11. The zero-order valence-corrected chi connectivity index (χ0v) is 17.1. The highest BCUT2D eigenvalue weighted by Gasteiger charge is 2.10. The first-order chi connectivity index (χ1) is 14.7. The van der Waals surface area contributed by atoms with Gasteiger partial charge in [-0.3, -0.25) is 4.98 Å². The fourth-order valence-electron chi connectivity index (χ4n) is 3.58. The van der Waals surface area contributed by atoms with E-state index in [-0.39, 0.29) is 0 Å². The minimum Gasteiger partial charge on any atom is -0.338 e. The first kappa shape index (κ1) is 17.4. The Balaban J connectivity index is 1.40. The molecule has 0 saturated carbocycles. The second-order valence-electron chi connectivity index (χ2n) is 6.97. The number of aromatic nitrogens is 5. The van der Waals surface area contributed by atoms with Crippen LogP contribution in [0.15, 0.2) is 73.1 Å². The summed E-state index contributed by atoms with van der Waals surface area (Å²) in [4.78, 5) is 21.3. The number of fused-ring (bicyclic) bond motifs is 2. The van der Waals surface area contributed by atoms with Gasteiger partial charge in [-0.2, -0.15) is 0 Å². The Morgan fingerprint density at radius 1 is 0.667 bits per heavy atom. The third-order valence-corrected chi connectivity index (χ3v) is 6.30. The Kier molecular flexibility index (Phi) is 3.94. The van der Waals surface area contributed by atoms with Crippen molar-refractivity contribution < 1.29 is 0 Å². The van der Waals surface area contributed by atoms with Crippen molar-refractivity contribution in [3.63, 3.8) is 0 Å². The standard InChI is InChI=1S/C23H14ClN5S/c24-21-6-5-20(30-21)23-27-17-4-2-15(12-19(17)29-23)14-1-3-16-18(11-14)28-22(26-16)13-7-9-25-10-8-13/h1-12H,(H,26,28)(H,27,29). The number of hydrogen-bond acceptors (Lipinski definition) is 4. The van der Waals surface area contributed by atoms with E-state index in [1.165, 1.54) is 11.3 Å². The molecule has 0 fully saturated rings. The average molecular weight is 428 g/mol. The molecule has 30 heavy (non-hydrogen) atoms. The van der Waals surface area contributed by atoms with Crippen LogP contribution in [0.5, 0.6) is 0 Å². The smallest absolute Gasteiger partial charge is 0.148 e. The van der Waals surface area contributed by atoms with Crippen LogP contribution in [0.1, 0.15) is 0 Å². The summed E-state index contributed by atoms with van der Waals surface area (Å²) in [7, 11) is 0.